The van der Waals surface area contributed by atoms with Gasteiger partial charge in [-0.1, -0.05) is 27.7 Å². The summed E-state index contributed by atoms with van der Waals surface area (Å²) in [5.41, 5.74) is 0.115. The van der Waals surface area contributed by atoms with Crippen molar-refractivity contribution in [2.45, 2.75) is 40.2 Å². The van der Waals surface area contributed by atoms with E-state index in [0.29, 0.717) is 0 Å². The quantitative estimate of drug-likeness (QED) is 0.753. The first-order valence-corrected chi connectivity index (χ1v) is 7.09. The Hall–Kier alpha value is -0.220. The lowest BCUT2D eigenvalue weighted by atomic mass is 9.88. The van der Waals surface area contributed by atoms with Crippen LogP contribution in [0, 0.1) is 11.3 Å². The van der Waals surface area contributed by atoms with Crippen LogP contribution in [0.25, 0.3) is 0 Å². The Kier molecular flexibility index (Phi) is 7.07. The van der Waals surface area contributed by atoms with Gasteiger partial charge in [0, 0.05) is 11.7 Å². The molecule has 4 heteroatoms. The van der Waals surface area contributed by atoms with Crippen LogP contribution in [0.3, 0.4) is 0 Å². The van der Waals surface area contributed by atoms with Gasteiger partial charge < -0.3 is 10.4 Å². The number of amides is 1. The summed E-state index contributed by atoms with van der Waals surface area (Å²) in [4.78, 5) is 11.8. The van der Waals surface area contributed by atoms with Crippen LogP contribution in [-0.2, 0) is 4.79 Å². The molecule has 2 atom stereocenters. The highest BCUT2D eigenvalue weighted by molar-refractivity contribution is 7.98. The average molecular weight is 247 g/mol. The van der Waals surface area contributed by atoms with Gasteiger partial charge in [0.2, 0.25) is 5.91 Å². The molecule has 0 saturated carbocycles. The smallest absolute Gasteiger partial charge is 0.223 e. The fourth-order valence-electron chi connectivity index (χ4n) is 1.57. The molecular weight excluding hydrogens is 222 g/mol. The first kappa shape index (κ1) is 15.8. The van der Waals surface area contributed by atoms with E-state index >= 15 is 0 Å². The Bertz CT molecular complexity index is 214. The topological polar surface area (TPSA) is 49.3 Å². The summed E-state index contributed by atoms with van der Waals surface area (Å²) in [6.07, 6.45) is 2.78. The molecule has 1 amide bonds. The zero-order chi connectivity index (χ0) is 12.8. The van der Waals surface area contributed by atoms with E-state index in [0.717, 1.165) is 12.2 Å². The van der Waals surface area contributed by atoms with E-state index in [1.165, 1.54) is 0 Å². The highest BCUT2D eigenvalue weighted by Crippen LogP contribution is 2.20. The molecule has 0 aromatic heterocycles. The molecule has 0 bridgehead atoms. The van der Waals surface area contributed by atoms with Crippen LogP contribution in [0.1, 0.15) is 34.1 Å². The molecular formula is C12H25NO2S. The second-order valence-electron chi connectivity index (χ2n) is 5.51. The highest BCUT2D eigenvalue weighted by Gasteiger charge is 2.21. The number of nitrogens with one attached hydrogen (secondary N) is 1. The summed E-state index contributed by atoms with van der Waals surface area (Å²) in [5.74, 6) is 0.862. The van der Waals surface area contributed by atoms with E-state index in [9.17, 15) is 9.90 Å². The Morgan fingerprint density at radius 1 is 1.44 bits per heavy atom. The Balaban J connectivity index is 4.16. The molecule has 0 aromatic carbocycles. The van der Waals surface area contributed by atoms with E-state index < -0.39 is 0 Å². The number of carbonyl (C=O) groups excluding carboxylic acids is 1. The van der Waals surface area contributed by atoms with E-state index in [1.54, 1.807) is 11.8 Å². The third kappa shape index (κ3) is 7.12. The maximum atomic E-state index is 11.8. The largest absolute Gasteiger partial charge is 0.394 e. The number of hydrogen-bond donors (Lipinski definition) is 2. The monoisotopic (exact) mass is 247 g/mol. The lowest BCUT2D eigenvalue weighted by Gasteiger charge is -2.26. The van der Waals surface area contributed by atoms with Crippen LogP contribution >= 0.6 is 11.8 Å². The number of hydrogen-bond acceptors (Lipinski definition) is 3. The molecule has 0 heterocycles. The van der Waals surface area contributed by atoms with Gasteiger partial charge in [-0.05, 0) is 18.1 Å². The van der Waals surface area contributed by atoms with Crippen molar-refractivity contribution in [3.05, 3.63) is 0 Å². The maximum Gasteiger partial charge on any atom is 0.223 e. The molecule has 0 radical (unpaired) electrons. The van der Waals surface area contributed by atoms with Crippen LogP contribution in [0.2, 0.25) is 0 Å². The SMILES string of the molecule is CSCC(C)C(=O)NC(CO)CC(C)(C)C. The summed E-state index contributed by atoms with van der Waals surface area (Å²) in [6, 6.07) is -0.128. The fraction of sp³-hybridized carbons (Fsp3) is 0.917. The first-order chi connectivity index (χ1) is 7.30. The second-order valence-corrected chi connectivity index (χ2v) is 6.42. The molecule has 0 aliphatic carbocycles. The fourth-order valence-corrected chi connectivity index (χ4v) is 2.22. The van der Waals surface area contributed by atoms with Gasteiger partial charge in [0.05, 0.1) is 12.6 Å². The van der Waals surface area contributed by atoms with Crippen LogP contribution in [0.5, 0.6) is 0 Å². The summed E-state index contributed by atoms with van der Waals surface area (Å²) in [7, 11) is 0. The van der Waals surface area contributed by atoms with Crippen molar-refractivity contribution in [3.63, 3.8) is 0 Å². The van der Waals surface area contributed by atoms with E-state index in [2.05, 4.69) is 26.1 Å². The summed E-state index contributed by atoms with van der Waals surface area (Å²) in [5, 5.41) is 12.1. The third-order valence-electron chi connectivity index (χ3n) is 2.29. The molecule has 0 aliphatic heterocycles. The highest BCUT2D eigenvalue weighted by atomic mass is 32.2. The molecule has 3 nitrogen and oxygen atoms in total. The van der Waals surface area contributed by atoms with Crippen LogP contribution in [0.4, 0.5) is 0 Å². The van der Waals surface area contributed by atoms with E-state index in [1.807, 2.05) is 13.2 Å². The Labute approximate surface area is 103 Å². The van der Waals surface area contributed by atoms with Crippen molar-refractivity contribution < 1.29 is 9.90 Å². The Morgan fingerprint density at radius 3 is 2.38 bits per heavy atom. The van der Waals surface area contributed by atoms with Crippen LogP contribution in [-0.4, -0.2) is 35.7 Å². The van der Waals surface area contributed by atoms with Crippen molar-refractivity contribution in [2.24, 2.45) is 11.3 Å². The lowest BCUT2D eigenvalue weighted by molar-refractivity contribution is -0.125. The van der Waals surface area contributed by atoms with Crippen molar-refractivity contribution in [1.29, 1.82) is 0 Å². The van der Waals surface area contributed by atoms with Gasteiger partial charge in [0.15, 0.2) is 0 Å². The van der Waals surface area contributed by atoms with Gasteiger partial charge in [-0.3, -0.25) is 4.79 Å². The average Bonchev–Trinajstić information content (AvgIpc) is 2.14. The molecule has 2 unspecified atom stereocenters. The van der Waals surface area contributed by atoms with Gasteiger partial charge in [-0.15, -0.1) is 0 Å². The molecule has 0 fully saturated rings. The van der Waals surface area contributed by atoms with Gasteiger partial charge in [-0.25, -0.2) is 0 Å². The van der Waals surface area contributed by atoms with Crippen molar-refractivity contribution in [2.75, 3.05) is 18.6 Å². The summed E-state index contributed by atoms with van der Waals surface area (Å²) >= 11 is 1.66. The number of aliphatic hydroxyl groups is 1. The zero-order valence-corrected chi connectivity index (χ0v) is 11.9. The van der Waals surface area contributed by atoms with Gasteiger partial charge >= 0.3 is 0 Å². The molecule has 0 aliphatic rings. The minimum Gasteiger partial charge on any atom is -0.394 e. The molecule has 0 aromatic rings. The van der Waals surface area contributed by atoms with E-state index in [4.69, 9.17) is 0 Å². The number of aliphatic hydroxyl groups excluding tert-OH is 1. The molecule has 0 rings (SSSR count). The third-order valence-corrected chi connectivity index (χ3v) is 3.12. The van der Waals surface area contributed by atoms with Crippen molar-refractivity contribution in [3.8, 4) is 0 Å². The summed E-state index contributed by atoms with van der Waals surface area (Å²) < 4.78 is 0. The number of rotatable bonds is 6. The predicted molar refractivity (Wildman–Crippen MR) is 70.6 cm³/mol. The molecule has 16 heavy (non-hydrogen) atoms. The Morgan fingerprint density at radius 2 is 2.00 bits per heavy atom. The van der Waals surface area contributed by atoms with Crippen LogP contribution < -0.4 is 5.32 Å². The minimum atomic E-state index is -0.128. The molecule has 0 spiro atoms. The zero-order valence-electron chi connectivity index (χ0n) is 11.0. The van der Waals surface area contributed by atoms with E-state index in [-0.39, 0.29) is 29.9 Å². The van der Waals surface area contributed by atoms with Gasteiger partial charge in [0.1, 0.15) is 0 Å². The molecule has 2 N–H and O–H groups in total. The predicted octanol–water partition coefficient (Wildman–Crippen LogP) is 1.90. The maximum absolute atomic E-state index is 11.8. The lowest BCUT2D eigenvalue weighted by Crippen LogP contribution is -2.42. The first-order valence-electron chi connectivity index (χ1n) is 5.70. The van der Waals surface area contributed by atoms with Crippen molar-refractivity contribution >= 4 is 17.7 Å². The van der Waals surface area contributed by atoms with Gasteiger partial charge in [0.25, 0.3) is 0 Å². The van der Waals surface area contributed by atoms with Gasteiger partial charge in [-0.2, -0.15) is 11.8 Å². The normalized spacial score (nSPS) is 15.6. The standard InChI is InChI=1S/C12H25NO2S/c1-9(8-16-5)11(15)13-10(7-14)6-12(2,3)4/h9-10,14H,6-8H2,1-5H3,(H,13,15). The van der Waals surface area contributed by atoms with Crippen LogP contribution in [0.15, 0.2) is 0 Å². The molecule has 0 saturated heterocycles. The number of carbonyl (C=O) groups is 1. The summed E-state index contributed by atoms with van der Waals surface area (Å²) in [6.45, 7) is 8.24. The molecule has 96 valence electrons. The second kappa shape index (κ2) is 7.17. The van der Waals surface area contributed by atoms with Crippen molar-refractivity contribution in [1.82, 2.24) is 5.32 Å². The number of thioether (sulfide) groups is 1. The minimum absolute atomic E-state index is 0.00372.